The minimum atomic E-state index is 0.00278. The Hall–Kier alpha value is -1.62. The highest BCUT2D eigenvalue weighted by Gasteiger charge is 2.27. The molecule has 1 saturated heterocycles. The zero-order chi connectivity index (χ0) is 14.9. The Morgan fingerprint density at radius 1 is 1.35 bits per heavy atom. The van der Waals surface area contributed by atoms with E-state index in [0.717, 1.165) is 5.69 Å². The van der Waals surface area contributed by atoms with Gasteiger partial charge in [0.1, 0.15) is 5.82 Å². The molecule has 2 rings (SSSR count). The molecule has 1 aliphatic rings. The van der Waals surface area contributed by atoms with Crippen molar-refractivity contribution in [3.8, 4) is 0 Å². The van der Waals surface area contributed by atoms with Gasteiger partial charge in [0.05, 0.1) is 12.2 Å². The number of carbonyl (C=O) groups excluding carboxylic acids is 1. The maximum absolute atomic E-state index is 12.6. The van der Waals surface area contributed by atoms with Crippen molar-refractivity contribution in [1.29, 1.82) is 0 Å². The Bertz CT molecular complexity index is 492. The van der Waals surface area contributed by atoms with E-state index in [-0.39, 0.29) is 24.0 Å². The molecule has 2 heterocycles. The Balaban J connectivity index is 2.24. The Labute approximate surface area is 120 Å². The van der Waals surface area contributed by atoms with Gasteiger partial charge in [-0.25, -0.2) is 4.98 Å². The number of aromatic nitrogens is 1. The standard InChI is InChI=1S/C15H23N3O2/c1-9(2)13-5-12(6-14(16)17-13)15(19)18-7-10(3)20-11(4)8-18/h5-6,9-11H,7-8H2,1-4H3,(H2,16,17). The van der Waals surface area contributed by atoms with Gasteiger partial charge in [0.2, 0.25) is 0 Å². The van der Waals surface area contributed by atoms with Gasteiger partial charge in [-0.1, -0.05) is 13.8 Å². The van der Waals surface area contributed by atoms with Crippen molar-refractivity contribution >= 4 is 11.7 Å². The molecule has 1 amide bonds. The Morgan fingerprint density at radius 2 is 1.95 bits per heavy atom. The second kappa shape index (κ2) is 5.79. The lowest BCUT2D eigenvalue weighted by Crippen LogP contribution is -2.48. The Morgan fingerprint density at radius 3 is 2.50 bits per heavy atom. The highest BCUT2D eigenvalue weighted by Crippen LogP contribution is 2.19. The molecule has 0 aromatic carbocycles. The first-order valence-corrected chi connectivity index (χ1v) is 7.09. The molecule has 0 radical (unpaired) electrons. The van der Waals surface area contributed by atoms with Crippen molar-refractivity contribution in [2.75, 3.05) is 18.8 Å². The largest absolute Gasteiger partial charge is 0.384 e. The van der Waals surface area contributed by atoms with Gasteiger partial charge in [0.25, 0.3) is 5.91 Å². The fourth-order valence-electron chi connectivity index (χ4n) is 2.52. The van der Waals surface area contributed by atoms with Crippen molar-refractivity contribution in [1.82, 2.24) is 9.88 Å². The normalized spacial score (nSPS) is 23.1. The minimum Gasteiger partial charge on any atom is -0.384 e. The van der Waals surface area contributed by atoms with E-state index in [0.29, 0.717) is 24.5 Å². The van der Waals surface area contributed by atoms with E-state index in [2.05, 4.69) is 4.98 Å². The summed E-state index contributed by atoms with van der Waals surface area (Å²) in [6.45, 7) is 9.27. The number of pyridine rings is 1. The summed E-state index contributed by atoms with van der Waals surface area (Å²) in [6, 6.07) is 3.49. The lowest BCUT2D eigenvalue weighted by molar-refractivity contribution is -0.0586. The van der Waals surface area contributed by atoms with Gasteiger partial charge in [-0.2, -0.15) is 0 Å². The third-order valence-electron chi connectivity index (χ3n) is 3.41. The molecule has 0 spiro atoms. The summed E-state index contributed by atoms with van der Waals surface area (Å²) in [6.07, 6.45) is 0.123. The van der Waals surface area contributed by atoms with Crippen molar-refractivity contribution < 1.29 is 9.53 Å². The van der Waals surface area contributed by atoms with Gasteiger partial charge in [-0.05, 0) is 31.9 Å². The summed E-state index contributed by atoms with van der Waals surface area (Å²) in [7, 11) is 0. The van der Waals surface area contributed by atoms with Crippen LogP contribution in [0.2, 0.25) is 0 Å². The van der Waals surface area contributed by atoms with E-state index in [4.69, 9.17) is 10.5 Å². The number of rotatable bonds is 2. The van der Waals surface area contributed by atoms with Crippen LogP contribution in [0.4, 0.5) is 5.82 Å². The van der Waals surface area contributed by atoms with Crippen LogP contribution in [-0.2, 0) is 4.74 Å². The summed E-state index contributed by atoms with van der Waals surface area (Å²) < 4.78 is 5.66. The van der Waals surface area contributed by atoms with E-state index < -0.39 is 0 Å². The molecule has 5 nitrogen and oxygen atoms in total. The molecule has 20 heavy (non-hydrogen) atoms. The van der Waals surface area contributed by atoms with E-state index in [9.17, 15) is 4.79 Å². The van der Waals surface area contributed by atoms with Gasteiger partial charge in [-0.3, -0.25) is 4.79 Å². The number of hydrogen-bond donors (Lipinski definition) is 1. The maximum Gasteiger partial charge on any atom is 0.254 e. The van der Waals surface area contributed by atoms with E-state index >= 15 is 0 Å². The fraction of sp³-hybridized carbons (Fsp3) is 0.600. The molecule has 0 bridgehead atoms. The molecular weight excluding hydrogens is 254 g/mol. The first-order chi connectivity index (χ1) is 9.36. The third kappa shape index (κ3) is 3.28. The number of morpholine rings is 1. The quantitative estimate of drug-likeness (QED) is 0.898. The van der Waals surface area contributed by atoms with E-state index in [1.807, 2.05) is 38.7 Å². The number of nitrogen functional groups attached to an aromatic ring is 1. The average molecular weight is 277 g/mol. The lowest BCUT2D eigenvalue weighted by atomic mass is 10.1. The fourth-order valence-corrected chi connectivity index (χ4v) is 2.52. The molecule has 1 fully saturated rings. The molecule has 2 atom stereocenters. The number of hydrogen-bond acceptors (Lipinski definition) is 4. The van der Waals surface area contributed by atoms with Gasteiger partial charge >= 0.3 is 0 Å². The first kappa shape index (κ1) is 14.8. The summed E-state index contributed by atoms with van der Waals surface area (Å²) in [5, 5.41) is 0. The molecule has 1 aromatic rings. The summed E-state index contributed by atoms with van der Waals surface area (Å²) in [5.74, 6) is 0.643. The van der Waals surface area contributed by atoms with Gasteiger partial charge in [-0.15, -0.1) is 0 Å². The monoisotopic (exact) mass is 277 g/mol. The molecule has 0 aliphatic carbocycles. The average Bonchev–Trinajstić information content (AvgIpc) is 2.35. The molecular formula is C15H23N3O2. The number of nitrogens with zero attached hydrogens (tertiary/aromatic N) is 2. The molecule has 110 valence electrons. The predicted molar refractivity (Wildman–Crippen MR) is 78.7 cm³/mol. The molecule has 2 unspecified atom stereocenters. The van der Waals surface area contributed by atoms with Crippen molar-refractivity contribution in [3.63, 3.8) is 0 Å². The second-order valence-electron chi connectivity index (χ2n) is 5.83. The number of nitrogens with two attached hydrogens (primary N) is 1. The molecule has 1 aromatic heterocycles. The van der Waals surface area contributed by atoms with Gasteiger partial charge in [0.15, 0.2) is 0 Å². The predicted octanol–water partition coefficient (Wildman–Crippen LogP) is 2.04. The summed E-state index contributed by atoms with van der Waals surface area (Å²) >= 11 is 0. The van der Waals surface area contributed by atoms with Crippen molar-refractivity contribution in [2.45, 2.75) is 45.8 Å². The zero-order valence-corrected chi connectivity index (χ0v) is 12.6. The van der Waals surface area contributed by atoms with Crippen LogP contribution in [0.5, 0.6) is 0 Å². The minimum absolute atomic E-state index is 0.00278. The van der Waals surface area contributed by atoms with E-state index in [1.165, 1.54) is 0 Å². The number of carbonyl (C=O) groups is 1. The number of amides is 1. The molecule has 1 aliphatic heterocycles. The highest BCUT2D eigenvalue weighted by molar-refractivity contribution is 5.95. The zero-order valence-electron chi connectivity index (χ0n) is 12.6. The summed E-state index contributed by atoms with van der Waals surface area (Å²) in [4.78, 5) is 18.7. The van der Waals surface area contributed by atoms with Crippen LogP contribution in [0.1, 0.15) is 49.7 Å². The molecule has 2 N–H and O–H groups in total. The van der Waals surface area contributed by atoms with Gasteiger partial charge < -0.3 is 15.4 Å². The summed E-state index contributed by atoms with van der Waals surface area (Å²) in [5.41, 5.74) is 7.28. The van der Waals surface area contributed by atoms with Crippen LogP contribution < -0.4 is 5.73 Å². The smallest absolute Gasteiger partial charge is 0.254 e. The number of anilines is 1. The van der Waals surface area contributed by atoms with Crippen LogP contribution in [0.15, 0.2) is 12.1 Å². The molecule has 5 heteroatoms. The number of ether oxygens (including phenoxy) is 1. The van der Waals surface area contributed by atoms with Crippen molar-refractivity contribution in [2.24, 2.45) is 0 Å². The van der Waals surface area contributed by atoms with Crippen LogP contribution in [0.3, 0.4) is 0 Å². The van der Waals surface area contributed by atoms with Gasteiger partial charge in [0, 0.05) is 24.3 Å². The van der Waals surface area contributed by atoms with Crippen molar-refractivity contribution in [3.05, 3.63) is 23.4 Å². The SMILES string of the molecule is CC1CN(C(=O)c2cc(N)nc(C(C)C)c2)CC(C)O1. The van der Waals surface area contributed by atoms with Crippen LogP contribution in [0, 0.1) is 0 Å². The van der Waals surface area contributed by atoms with Crippen LogP contribution in [0.25, 0.3) is 0 Å². The first-order valence-electron chi connectivity index (χ1n) is 7.09. The van der Waals surface area contributed by atoms with E-state index in [1.54, 1.807) is 6.07 Å². The molecule has 0 saturated carbocycles. The third-order valence-corrected chi connectivity index (χ3v) is 3.41. The maximum atomic E-state index is 12.6. The Kier molecular flexibility index (Phi) is 4.28. The topological polar surface area (TPSA) is 68.5 Å². The van der Waals surface area contributed by atoms with Crippen LogP contribution in [-0.4, -0.2) is 41.1 Å². The van der Waals surface area contributed by atoms with Crippen LogP contribution >= 0.6 is 0 Å². The highest BCUT2D eigenvalue weighted by atomic mass is 16.5. The second-order valence-corrected chi connectivity index (χ2v) is 5.83. The lowest BCUT2D eigenvalue weighted by Gasteiger charge is -2.35.